The van der Waals surface area contributed by atoms with Gasteiger partial charge in [-0.05, 0) is 48.7 Å². The minimum Gasteiger partial charge on any atom is -0.507 e. The Morgan fingerprint density at radius 3 is 2.78 bits per heavy atom. The van der Waals surface area contributed by atoms with Gasteiger partial charge in [-0.2, -0.15) is 0 Å². The fraction of sp³-hybridized carbons (Fsp3) is 0.350. The summed E-state index contributed by atoms with van der Waals surface area (Å²) in [5, 5.41) is 22.1. The Kier molecular flexibility index (Phi) is 5.83. The maximum absolute atomic E-state index is 11.3. The number of aromatic hydroxyl groups is 1. The number of quaternary nitrogens is 1. The first-order chi connectivity index (χ1) is 12.9. The van der Waals surface area contributed by atoms with E-state index in [1.54, 1.807) is 6.07 Å². The lowest BCUT2D eigenvalue weighted by molar-refractivity contribution is -0.693. The van der Waals surface area contributed by atoms with Crippen LogP contribution < -0.4 is 20.5 Å². The number of fused-ring (bicyclic) bond motifs is 1. The van der Waals surface area contributed by atoms with Crippen molar-refractivity contribution in [2.45, 2.75) is 31.9 Å². The van der Waals surface area contributed by atoms with Gasteiger partial charge in [0.05, 0.1) is 11.6 Å². The molecule has 0 saturated carbocycles. The average molecular weight is 373 g/mol. The highest BCUT2D eigenvalue weighted by molar-refractivity contribution is 5.95. The highest BCUT2D eigenvalue weighted by Gasteiger charge is 2.17. The van der Waals surface area contributed by atoms with Crippen LogP contribution >= 0.6 is 0 Å². The molecule has 3 rings (SSSR count). The maximum atomic E-state index is 11.3. The number of ether oxygens (including phenoxy) is 2. The predicted octanol–water partition coefficient (Wildman–Crippen LogP) is 0.838. The molecule has 7 heteroatoms. The van der Waals surface area contributed by atoms with Crippen LogP contribution in [0.4, 0.5) is 0 Å². The van der Waals surface area contributed by atoms with E-state index in [1.807, 2.05) is 18.2 Å². The fourth-order valence-corrected chi connectivity index (χ4v) is 3.06. The van der Waals surface area contributed by atoms with Gasteiger partial charge in [-0.1, -0.05) is 12.1 Å². The molecule has 2 atom stereocenters. The number of aryl methyl sites for hydroxylation is 1. The largest absolute Gasteiger partial charge is 0.507 e. The average Bonchev–Trinajstić information content (AvgIpc) is 3.12. The lowest BCUT2D eigenvalue weighted by Gasteiger charge is -2.15. The van der Waals surface area contributed by atoms with Gasteiger partial charge in [-0.3, -0.25) is 4.79 Å². The van der Waals surface area contributed by atoms with Crippen LogP contribution in [0.15, 0.2) is 36.4 Å². The van der Waals surface area contributed by atoms with E-state index in [2.05, 4.69) is 12.2 Å². The number of carbonyl (C=O) groups excluding carboxylic acids is 1. The Morgan fingerprint density at radius 1 is 1.22 bits per heavy atom. The molecule has 2 aromatic carbocycles. The van der Waals surface area contributed by atoms with Crippen molar-refractivity contribution >= 4 is 5.91 Å². The molecule has 1 aliphatic heterocycles. The molecule has 0 bridgehead atoms. The number of rotatable bonds is 8. The number of hydrogen-bond donors (Lipinski definition) is 4. The molecule has 0 fully saturated rings. The summed E-state index contributed by atoms with van der Waals surface area (Å²) in [7, 11) is 0. The Balaban J connectivity index is 1.49. The number of carbonyl (C=O) groups is 1. The van der Waals surface area contributed by atoms with Gasteiger partial charge >= 0.3 is 0 Å². The smallest absolute Gasteiger partial charge is 0.252 e. The number of phenols is 1. The first-order valence-electron chi connectivity index (χ1n) is 8.96. The summed E-state index contributed by atoms with van der Waals surface area (Å²) >= 11 is 0. The highest BCUT2D eigenvalue weighted by atomic mass is 16.7. The minimum absolute atomic E-state index is 0.0161. The third-order valence-electron chi connectivity index (χ3n) is 4.76. The van der Waals surface area contributed by atoms with E-state index in [-0.39, 0.29) is 18.1 Å². The summed E-state index contributed by atoms with van der Waals surface area (Å²) in [6, 6.07) is 10.7. The third-order valence-corrected chi connectivity index (χ3v) is 4.76. The van der Waals surface area contributed by atoms with Crippen LogP contribution in [-0.2, 0) is 6.42 Å². The number of hydrogen-bond acceptors (Lipinski definition) is 5. The van der Waals surface area contributed by atoms with E-state index in [0.29, 0.717) is 18.2 Å². The number of amides is 1. The van der Waals surface area contributed by atoms with Crippen molar-refractivity contribution in [3.8, 4) is 17.2 Å². The van der Waals surface area contributed by atoms with E-state index >= 15 is 0 Å². The van der Waals surface area contributed by atoms with E-state index in [1.165, 1.54) is 17.7 Å². The van der Waals surface area contributed by atoms with E-state index in [9.17, 15) is 15.0 Å². The molecule has 2 aromatic rings. The molecule has 1 heterocycles. The molecule has 27 heavy (non-hydrogen) atoms. The summed E-state index contributed by atoms with van der Waals surface area (Å²) in [4.78, 5) is 11.3. The molecule has 1 amide bonds. The predicted molar refractivity (Wildman–Crippen MR) is 98.7 cm³/mol. The van der Waals surface area contributed by atoms with E-state index < -0.39 is 12.0 Å². The lowest BCUT2D eigenvalue weighted by atomic mass is 10.0. The summed E-state index contributed by atoms with van der Waals surface area (Å²) in [5.74, 6) is 0.671. The van der Waals surface area contributed by atoms with Gasteiger partial charge in [-0.15, -0.1) is 0 Å². The second-order valence-corrected chi connectivity index (χ2v) is 6.83. The molecule has 0 saturated heterocycles. The summed E-state index contributed by atoms with van der Waals surface area (Å²) in [5.41, 5.74) is 6.99. The van der Waals surface area contributed by atoms with E-state index in [4.69, 9.17) is 15.2 Å². The molecule has 0 unspecified atom stereocenters. The van der Waals surface area contributed by atoms with Crippen molar-refractivity contribution in [2.24, 2.45) is 5.73 Å². The second kappa shape index (κ2) is 8.28. The fourth-order valence-electron chi connectivity index (χ4n) is 3.06. The van der Waals surface area contributed by atoms with Gasteiger partial charge in [0, 0.05) is 6.42 Å². The zero-order chi connectivity index (χ0) is 19.4. The SMILES string of the molecule is C[C@H](CCc1ccc2c(c1)OCO2)[NH2+]C[C@@H](O)c1ccc(O)c(C(N)=O)c1. The van der Waals surface area contributed by atoms with Crippen LogP contribution in [0, 0.1) is 0 Å². The normalized spacial score (nSPS) is 14.7. The van der Waals surface area contributed by atoms with Crippen LogP contribution in [0.25, 0.3) is 0 Å². The molecule has 144 valence electrons. The number of nitrogens with two attached hydrogens (primary N) is 2. The number of primary amides is 1. The van der Waals surface area contributed by atoms with Crippen molar-refractivity contribution < 1.29 is 29.8 Å². The highest BCUT2D eigenvalue weighted by Crippen LogP contribution is 2.32. The molecule has 0 aliphatic carbocycles. The topological polar surface area (TPSA) is 119 Å². The molecule has 7 nitrogen and oxygen atoms in total. The zero-order valence-electron chi connectivity index (χ0n) is 15.2. The molecule has 0 spiro atoms. The number of benzene rings is 2. The van der Waals surface area contributed by atoms with E-state index in [0.717, 1.165) is 24.3 Å². The molecule has 1 aliphatic rings. The number of aliphatic hydroxyl groups is 1. The van der Waals surface area contributed by atoms with Crippen LogP contribution in [0.5, 0.6) is 17.2 Å². The summed E-state index contributed by atoms with van der Waals surface area (Å²) < 4.78 is 10.7. The van der Waals surface area contributed by atoms with Gasteiger partial charge in [0.25, 0.3) is 5.91 Å². The van der Waals surface area contributed by atoms with Gasteiger partial charge < -0.3 is 30.7 Å². The standard InChI is InChI=1S/C20H24N2O5/c1-12(2-3-13-4-7-18-19(8-13)27-11-26-18)22-10-17(24)14-5-6-16(23)15(9-14)20(21)25/h4-9,12,17,22-24H,2-3,10-11H2,1H3,(H2,21,25)/p+1/t12-,17-/m1/s1. The van der Waals surface area contributed by atoms with Crippen molar-refractivity contribution in [3.05, 3.63) is 53.1 Å². The third kappa shape index (κ3) is 4.69. The molecule has 0 aromatic heterocycles. The van der Waals surface area contributed by atoms with Crippen molar-refractivity contribution in [1.82, 2.24) is 0 Å². The molecular formula is C20H25N2O5+. The Bertz CT molecular complexity index is 824. The van der Waals surface area contributed by atoms with Crippen molar-refractivity contribution in [2.75, 3.05) is 13.3 Å². The van der Waals surface area contributed by atoms with Crippen LogP contribution in [0.3, 0.4) is 0 Å². The van der Waals surface area contributed by atoms with Gasteiger partial charge in [0.1, 0.15) is 18.4 Å². The first-order valence-corrected chi connectivity index (χ1v) is 8.96. The molecular weight excluding hydrogens is 348 g/mol. The van der Waals surface area contributed by atoms with Crippen LogP contribution in [0.1, 0.15) is 40.9 Å². The van der Waals surface area contributed by atoms with Gasteiger partial charge in [0.2, 0.25) is 6.79 Å². The summed E-state index contributed by atoms with van der Waals surface area (Å²) in [6.45, 7) is 2.83. The molecule has 0 radical (unpaired) electrons. The zero-order valence-corrected chi connectivity index (χ0v) is 15.2. The minimum atomic E-state index is -0.753. The van der Waals surface area contributed by atoms with Gasteiger partial charge in [0.15, 0.2) is 11.5 Å². The second-order valence-electron chi connectivity index (χ2n) is 6.83. The van der Waals surface area contributed by atoms with Crippen LogP contribution in [0.2, 0.25) is 0 Å². The lowest BCUT2D eigenvalue weighted by Crippen LogP contribution is -2.90. The van der Waals surface area contributed by atoms with Crippen molar-refractivity contribution in [3.63, 3.8) is 0 Å². The van der Waals surface area contributed by atoms with Crippen molar-refractivity contribution in [1.29, 1.82) is 0 Å². The maximum Gasteiger partial charge on any atom is 0.252 e. The van der Waals surface area contributed by atoms with Gasteiger partial charge in [-0.25, -0.2) is 0 Å². The Morgan fingerprint density at radius 2 is 2.00 bits per heavy atom. The molecule has 6 N–H and O–H groups in total. The number of aliphatic hydroxyl groups excluding tert-OH is 1. The Hall–Kier alpha value is -2.77. The summed E-state index contributed by atoms with van der Waals surface area (Å²) in [6.07, 6.45) is 1.08. The first kappa shape index (κ1) is 19.0. The quantitative estimate of drug-likeness (QED) is 0.547. The van der Waals surface area contributed by atoms with Crippen LogP contribution in [-0.4, -0.2) is 35.5 Å². The monoisotopic (exact) mass is 373 g/mol. The Labute approximate surface area is 157 Å².